The summed E-state index contributed by atoms with van der Waals surface area (Å²) < 4.78 is 27.0. The molecule has 0 radical (unpaired) electrons. The Kier molecular flexibility index (Phi) is 5.23. The maximum Gasteiger partial charge on any atom is 0.130 e. The van der Waals surface area contributed by atoms with Gasteiger partial charge in [-0.05, 0) is 39.8 Å². The highest BCUT2D eigenvalue weighted by molar-refractivity contribution is 5.22. The summed E-state index contributed by atoms with van der Waals surface area (Å²) in [5.41, 5.74) is 0.155. The fourth-order valence-corrected chi connectivity index (χ4v) is 1.75. The first-order valence-corrected chi connectivity index (χ1v) is 6.23. The Hall–Kier alpha value is -1.00. The molecule has 2 nitrogen and oxygen atoms in total. The van der Waals surface area contributed by atoms with Gasteiger partial charge in [0.2, 0.25) is 0 Å². The van der Waals surface area contributed by atoms with Crippen molar-refractivity contribution in [3.63, 3.8) is 0 Å². The van der Waals surface area contributed by atoms with Crippen molar-refractivity contribution < 1.29 is 8.78 Å². The molecule has 1 atom stereocenters. The molecule has 4 heteroatoms. The molecule has 0 bridgehead atoms. The minimum atomic E-state index is -0.501. The maximum absolute atomic E-state index is 13.5. The summed E-state index contributed by atoms with van der Waals surface area (Å²) in [6, 6.07) is 3.60. The first kappa shape index (κ1) is 15.1. The van der Waals surface area contributed by atoms with E-state index in [9.17, 15) is 8.78 Å². The van der Waals surface area contributed by atoms with Crippen LogP contribution in [0.3, 0.4) is 0 Å². The summed E-state index contributed by atoms with van der Waals surface area (Å²) in [6.45, 7) is 9.40. The van der Waals surface area contributed by atoms with E-state index in [4.69, 9.17) is 0 Å². The number of hydrogen-bond donors (Lipinski definition) is 2. The minimum absolute atomic E-state index is 0.0498. The van der Waals surface area contributed by atoms with Crippen molar-refractivity contribution in [3.05, 3.63) is 35.4 Å². The molecule has 0 aromatic heterocycles. The molecule has 1 rings (SSSR count). The van der Waals surface area contributed by atoms with Gasteiger partial charge in [-0.2, -0.15) is 0 Å². The zero-order valence-electron chi connectivity index (χ0n) is 11.5. The van der Waals surface area contributed by atoms with Gasteiger partial charge >= 0.3 is 0 Å². The summed E-state index contributed by atoms with van der Waals surface area (Å²) in [6.07, 6.45) is 0. The van der Waals surface area contributed by atoms with Crippen molar-refractivity contribution in [2.75, 3.05) is 13.1 Å². The van der Waals surface area contributed by atoms with Gasteiger partial charge in [-0.3, -0.25) is 0 Å². The molecule has 0 aliphatic heterocycles. The van der Waals surface area contributed by atoms with Crippen LogP contribution in [-0.2, 0) is 0 Å². The van der Waals surface area contributed by atoms with Crippen molar-refractivity contribution in [3.8, 4) is 0 Å². The Morgan fingerprint density at radius 2 is 1.67 bits per heavy atom. The third-order valence-corrected chi connectivity index (χ3v) is 2.66. The van der Waals surface area contributed by atoms with E-state index in [1.807, 2.05) is 0 Å². The van der Waals surface area contributed by atoms with Crippen molar-refractivity contribution in [1.29, 1.82) is 0 Å². The zero-order valence-corrected chi connectivity index (χ0v) is 11.5. The molecule has 0 spiro atoms. The molecule has 0 saturated carbocycles. The van der Waals surface area contributed by atoms with E-state index in [2.05, 4.69) is 31.4 Å². The first-order valence-electron chi connectivity index (χ1n) is 6.23. The van der Waals surface area contributed by atoms with Gasteiger partial charge in [-0.15, -0.1) is 0 Å². The van der Waals surface area contributed by atoms with E-state index < -0.39 is 11.6 Å². The number of rotatable bonds is 5. The maximum atomic E-state index is 13.5. The molecule has 1 aromatic carbocycles. The van der Waals surface area contributed by atoms with E-state index in [0.717, 1.165) is 6.54 Å². The Morgan fingerprint density at radius 1 is 1.11 bits per heavy atom. The molecule has 18 heavy (non-hydrogen) atoms. The van der Waals surface area contributed by atoms with Gasteiger partial charge in [0, 0.05) is 30.2 Å². The van der Waals surface area contributed by atoms with Crippen LogP contribution < -0.4 is 10.6 Å². The van der Waals surface area contributed by atoms with Crippen LogP contribution in [0, 0.1) is 11.6 Å². The molecule has 2 N–H and O–H groups in total. The summed E-state index contributed by atoms with van der Waals surface area (Å²) in [4.78, 5) is 0. The molecule has 1 unspecified atom stereocenters. The second kappa shape index (κ2) is 6.25. The monoisotopic (exact) mass is 256 g/mol. The van der Waals surface area contributed by atoms with Gasteiger partial charge in [0.1, 0.15) is 11.6 Å². The zero-order chi connectivity index (χ0) is 13.8. The highest BCUT2D eigenvalue weighted by Crippen LogP contribution is 2.19. The molecule has 0 heterocycles. The van der Waals surface area contributed by atoms with Crippen molar-refractivity contribution in [2.24, 2.45) is 0 Å². The average molecular weight is 256 g/mol. The van der Waals surface area contributed by atoms with Crippen LogP contribution >= 0.6 is 0 Å². The summed E-state index contributed by atoms with van der Waals surface area (Å²) in [7, 11) is 0. The number of hydrogen-bond acceptors (Lipinski definition) is 2. The minimum Gasteiger partial charge on any atom is -0.311 e. The molecule has 0 saturated heterocycles. The predicted molar refractivity (Wildman–Crippen MR) is 70.5 cm³/mol. The summed E-state index contributed by atoms with van der Waals surface area (Å²) >= 11 is 0. The van der Waals surface area contributed by atoms with E-state index in [1.54, 1.807) is 6.92 Å². The normalized spacial score (nSPS) is 13.7. The van der Waals surface area contributed by atoms with Crippen LogP contribution in [-0.4, -0.2) is 18.6 Å². The van der Waals surface area contributed by atoms with Crippen LogP contribution in [0.15, 0.2) is 18.2 Å². The van der Waals surface area contributed by atoms with Crippen LogP contribution in [0.2, 0.25) is 0 Å². The number of benzene rings is 1. The van der Waals surface area contributed by atoms with E-state index in [1.165, 1.54) is 18.2 Å². The summed E-state index contributed by atoms with van der Waals surface area (Å²) in [5.74, 6) is -1.00. The third-order valence-electron chi connectivity index (χ3n) is 2.66. The lowest BCUT2D eigenvalue weighted by molar-refractivity contribution is 0.409. The molecule has 0 amide bonds. The van der Waals surface area contributed by atoms with E-state index >= 15 is 0 Å². The van der Waals surface area contributed by atoms with Crippen LogP contribution in [0.25, 0.3) is 0 Å². The third kappa shape index (κ3) is 4.70. The molecule has 0 aliphatic carbocycles. The predicted octanol–water partition coefficient (Wildman–Crippen LogP) is 3.00. The second-order valence-electron chi connectivity index (χ2n) is 5.49. The van der Waals surface area contributed by atoms with Gasteiger partial charge in [-0.1, -0.05) is 6.07 Å². The second-order valence-corrected chi connectivity index (χ2v) is 5.49. The number of halogens is 2. The van der Waals surface area contributed by atoms with Gasteiger partial charge < -0.3 is 10.6 Å². The largest absolute Gasteiger partial charge is 0.311 e. The highest BCUT2D eigenvalue weighted by atomic mass is 19.1. The van der Waals surface area contributed by atoms with Crippen LogP contribution in [0.5, 0.6) is 0 Å². The van der Waals surface area contributed by atoms with Gasteiger partial charge in [0.05, 0.1) is 0 Å². The molecular formula is C14H22F2N2. The molecular weight excluding hydrogens is 234 g/mol. The quantitative estimate of drug-likeness (QED) is 0.791. The van der Waals surface area contributed by atoms with Crippen molar-refractivity contribution in [2.45, 2.75) is 39.3 Å². The van der Waals surface area contributed by atoms with Crippen LogP contribution in [0.4, 0.5) is 8.78 Å². The molecule has 102 valence electrons. The van der Waals surface area contributed by atoms with Crippen LogP contribution in [0.1, 0.15) is 39.3 Å². The first-order chi connectivity index (χ1) is 8.31. The number of nitrogens with one attached hydrogen (secondary N) is 2. The molecule has 0 fully saturated rings. The fourth-order valence-electron chi connectivity index (χ4n) is 1.75. The Labute approximate surface area is 108 Å². The smallest absolute Gasteiger partial charge is 0.130 e. The van der Waals surface area contributed by atoms with Crippen molar-refractivity contribution >= 4 is 0 Å². The van der Waals surface area contributed by atoms with Gasteiger partial charge in [0.15, 0.2) is 0 Å². The SMILES string of the molecule is CC(NCCNC(C)(C)C)c1c(F)cccc1F. The Bertz CT molecular complexity index is 366. The lowest BCUT2D eigenvalue weighted by Gasteiger charge is -2.22. The Balaban J connectivity index is 2.48. The van der Waals surface area contributed by atoms with Crippen molar-refractivity contribution in [1.82, 2.24) is 10.6 Å². The van der Waals surface area contributed by atoms with E-state index in [0.29, 0.717) is 6.54 Å². The topological polar surface area (TPSA) is 24.1 Å². The average Bonchev–Trinajstić information content (AvgIpc) is 2.23. The molecule has 1 aromatic rings. The Morgan fingerprint density at radius 3 is 2.17 bits per heavy atom. The highest BCUT2D eigenvalue weighted by Gasteiger charge is 2.15. The standard InChI is InChI=1S/C14H22F2N2/c1-10(17-8-9-18-14(2,3)4)13-11(15)6-5-7-12(13)16/h5-7,10,17-18H,8-9H2,1-4H3. The lowest BCUT2D eigenvalue weighted by atomic mass is 10.1. The van der Waals surface area contributed by atoms with Gasteiger partial charge in [0.25, 0.3) is 0 Å². The lowest BCUT2D eigenvalue weighted by Crippen LogP contribution is -2.40. The summed E-state index contributed by atoms with van der Waals surface area (Å²) in [5, 5.41) is 6.42. The van der Waals surface area contributed by atoms with Gasteiger partial charge in [-0.25, -0.2) is 8.78 Å². The van der Waals surface area contributed by atoms with E-state index in [-0.39, 0.29) is 17.1 Å². The molecule has 0 aliphatic rings. The fraction of sp³-hybridized carbons (Fsp3) is 0.571.